The van der Waals surface area contributed by atoms with Gasteiger partial charge in [-0.3, -0.25) is 4.79 Å². The molecule has 0 radical (unpaired) electrons. The molecule has 0 aliphatic rings. The normalized spacial score (nSPS) is 12.2. The number of nitrogens with one attached hydrogen (secondary N) is 1. The lowest BCUT2D eigenvalue weighted by Gasteiger charge is -2.08. The van der Waals surface area contributed by atoms with Crippen molar-refractivity contribution >= 4 is 21.8 Å². The number of aryl methyl sites for hydroxylation is 1. The van der Waals surface area contributed by atoms with Gasteiger partial charge >= 0.3 is 0 Å². The highest BCUT2D eigenvalue weighted by Gasteiger charge is 2.09. The van der Waals surface area contributed by atoms with Gasteiger partial charge in [-0.05, 0) is 48.3 Å². The van der Waals surface area contributed by atoms with Gasteiger partial charge in [0.2, 0.25) is 0 Å². The van der Waals surface area contributed by atoms with Gasteiger partial charge in [0.1, 0.15) is 0 Å². The Morgan fingerprint density at radius 3 is 2.88 bits per heavy atom. The molecule has 0 fully saturated rings. The van der Waals surface area contributed by atoms with E-state index in [0.29, 0.717) is 18.5 Å². The molecule has 88 valence electrons. The summed E-state index contributed by atoms with van der Waals surface area (Å²) in [7, 11) is 0. The highest BCUT2D eigenvalue weighted by Crippen LogP contribution is 2.17. The van der Waals surface area contributed by atoms with Crippen molar-refractivity contribution in [3.05, 3.63) is 33.8 Å². The Bertz CT molecular complexity index is 377. The van der Waals surface area contributed by atoms with Gasteiger partial charge in [-0.25, -0.2) is 0 Å². The van der Waals surface area contributed by atoms with E-state index in [2.05, 4.69) is 21.2 Å². The molecular weight excluding hydrogens is 270 g/mol. The van der Waals surface area contributed by atoms with Crippen LogP contribution in [0, 0.1) is 6.92 Å². The third kappa shape index (κ3) is 3.94. The molecule has 1 amide bonds. The van der Waals surface area contributed by atoms with E-state index < -0.39 is 0 Å². The number of carbonyl (C=O) groups excluding carboxylic acids is 1. The number of halogens is 1. The molecule has 2 N–H and O–H groups in total. The van der Waals surface area contributed by atoms with E-state index in [-0.39, 0.29) is 12.0 Å². The van der Waals surface area contributed by atoms with Gasteiger partial charge in [-0.1, -0.05) is 11.6 Å². The third-order valence-electron chi connectivity index (χ3n) is 2.21. The first-order valence-electron chi connectivity index (χ1n) is 5.23. The van der Waals surface area contributed by atoms with E-state index in [4.69, 9.17) is 5.11 Å². The number of amides is 1. The first-order valence-corrected chi connectivity index (χ1v) is 6.02. The molecule has 4 heteroatoms. The van der Waals surface area contributed by atoms with E-state index >= 15 is 0 Å². The van der Waals surface area contributed by atoms with Crippen LogP contribution in [0.4, 0.5) is 0 Å². The van der Waals surface area contributed by atoms with Crippen LogP contribution in [0.15, 0.2) is 22.7 Å². The van der Waals surface area contributed by atoms with Crippen LogP contribution in [-0.4, -0.2) is 23.7 Å². The maximum absolute atomic E-state index is 11.8. The smallest absolute Gasteiger partial charge is 0.252 e. The molecular formula is C12H16BrNO2. The lowest BCUT2D eigenvalue weighted by Crippen LogP contribution is -2.26. The second-order valence-corrected chi connectivity index (χ2v) is 4.73. The average molecular weight is 286 g/mol. The van der Waals surface area contributed by atoms with Crippen LogP contribution in [0.2, 0.25) is 0 Å². The maximum atomic E-state index is 11.8. The fourth-order valence-electron chi connectivity index (χ4n) is 1.30. The van der Waals surface area contributed by atoms with E-state index in [1.807, 2.05) is 25.1 Å². The van der Waals surface area contributed by atoms with Crippen LogP contribution in [0.3, 0.4) is 0 Å². The summed E-state index contributed by atoms with van der Waals surface area (Å²) in [5.41, 5.74) is 1.68. The quantitative estimate of drug-likeness (QED) is 0.892. The number of hydrogen-bond donors (Lipinski definition) is 2. The zero-order chi connectivity index (χ0) is 12.1. The van der Waals surface area contributed by atoms with Crippen molar-refractivity contribution < 1.29 is 9.90 Å². The molecule has 16 heavy (non-hydrogen) atoms. The predicted octanol–water partition coefficient (Wildman–Crippen LogP) is 2.26. The summed E-state index contributed by atoms with van der Waals surface area (Å²) >= 11 is 3.34. The Morgan fingerprint density at radius 1 is 1.56 bits per heavy atom. The minimum absolute atomic E-state index is 0.115. The fraction of sp³-hybridized carbons (Fsp3) is 0.417. The van der Waals surface area contributed by atoms with Gasteiger partial charge in [-0.2, -0.15) is 0 Å². The average Bonchev–Trinajstić information content (AvgIpc) is 2.21. The third-order valence-corrected chi connectivity index (χ3v) is 2.91. The monoisotopic (exact) mass is 285 g/mol. The largest absolute Gasteiger partial charge is 0.393 e. The van der Waals surface area contributed by atoms with E-state index in [9.17, 15) is 4.79 Å². The SMILES string of the molecule is Cc1ccc(Br)c(C(=O)NCCC(C)O)c1. The summed E-state index contributed by atoms with van der Waals surface area (Å²) in [6, 6.07) is 5.64. The molecule has 1 aromatic rings. The number of aliphatic hydroxyl groups is 1. The molecule has 0 aliphatic carbocycles. The van der Waals surface area contributed by atoms with Crippen molar-refractivity contribution in [3.8, 4) is 0 Å². The van der Waals surface area contributed by atoms with Gasteiger partial charge < -0.3 is 10.4 Å². The number of hydrogen-bond acceptors (Lipinski definition) is 2. The van der Waals surface area contributed by atoms with Gasteiger partial charge in [0.05, 0.1) is 11.7 Å². The predicted molar refractivity (Wildman–Crippen MR) is 67.5 cm³/mol. The summed E-state index contributed by atoms with van der Waals surface area (Å²) in [5, 5.41) is 11.8. The van der Waals surface area contributed by atoms with Gasteiger partial charge in [0.15, 0.2) is 0 Å². The summed E-state index contributed by atoms with van der Waals surface area (Å²) in [6.45, 7) is 4.13. The molecule has 1 rings (SSSR count). The van der Waals surface area contributed by atoms with Crippen molar-refractivity contribution in [3.63, 3.8) is 0 Å². The molecule has 1 aromatic carbocycles. The van der Waals surface area contributed by atoms with Crippen molar-refractivity contribution in [1.29, 1.82) is 0 Å². The van der Waals surface area contributed by atoms with Crippen molar-refractivity contribution in [2.45, 2.75) is 26.4 Å². The fourth-order valence-corrected chi connectivity index (χ4v) is 1.73. The topological polar surface area (TPSA) is 49.3 Å². The Hall–Kier alpha value is -0.870. The van der Waals surface area contributed by atoms with Gasteiger partial charge in [0.25, 0.3) is 5.91 Å². The van der Waals surface area contributed by atoms with E-state index in [1.165, 1.54) is 0 Å². The highest BCUT2D eigenvalue weighted by molar-refractivity contribution is 9.10. The van der Waals surface area contributed by atoms with Crippen LogP contribution >= 0.6 is 15.9 Å². The highest BCUT2D eigenvalue weighted by atomic mass is 79.9. The molecule has 0 bridgehead atoms. The Kier molecular flexibility index (Phi) is 4.96. The van der Waals surface area contributed by atoms with Gasteiger partial charge in [0, 0.05) is 11.0 Å². The van der Waals surface area contributed by atoms with Crippen molar-refractivity contribution in [1.82, 2.24) is 5.32 Å². The minimum Gasteiger partial charge on any atom is -0.393 e. The molecule has 1 unspecified atom stereocenters. The molecule has 0 aliphatic heterocycles. The maximum Gasteiger partial charge on any atom is 0.252 e. The minimum atomic E-state index is -0.388. The second kappa shape index (κ2) is 6.01. The van der Waals surface area contributed by atoms with E-state index in [1.54, 1.807) is 6.92 Å². The van der Waals surface area contributed by atoms with Crippen LogP contribution in [0.1, 0.15) is 29.3 Å². The molecule has 0 saturated carbocycles. The van der Waals surface area contributed by atoms with Crippen LogP contribution in [0.5, 0.6) is 0 Å². The van der Waals surface area contributed by atoms with Crippen LogP contribution < -0.4 is 5.32 Å². The zero-order valence-electron chi connectivity index (χ0n) is 9.46. The number of aliphatic hydroxyl groups excluding tert-OH is 1. The lowest BCUT2D eigenvalue weighted by atomic mass is 10.1. The molecule has 3 nitrogen and oxygen atoms in total. The molecule has 0 spiro atoms. The summed E-state index contributed by atoms with van der Waals surface area (Å²) in [5.74, 6) is -0.115. The summed E-state index contributed by atoms with van der Waals surface area (Å²) in [4.78, 5) is 11.8. The summed E-state index contributed by atoms with van der Waals surface area (Å²) < 4.78 is 0.785. The lowest BCUT2D eigenvalue weighted by molar-refractivity contribution is 0.0944. The zero-order valence-corrected chi connectivity index (χ0v) is 11.0. The number of benzene rings is 1. The van der Waals surface area contributed by atoms with Gasteiger partial charge in [-0.15, -0.1) is 0 Å². The summed E-state index contributed by atoms with van der Waals surface area (Å²) in [6.07, 6.45) is 0.177. The Morgan fingerprint density at radius 2 is 2.25 bits per heavy atom. The first-order chi connectivity index (χ1) is 7.50. The van der Waals surface area contributed by atoms with Crippen molar-refractivity contribution in [2.24, 2.45) is 0 Å². The van der Waals surface area contributed by atoms with Crippen LogP contribution in [0.25, 0.3) is 0 Å². The van der Waals surface area contributed by atoms with E-state index in [0.717, 1.165) is 10.0 Å². The second-order valence-electron chi connectivity index (χ2n) is 3.88. The molecule has 0 saturated heterocycles. The Labute approximate surface area is 104 Å². The molecule has 1 atom stereocenters. The number of rotatable bonds is 4. The molecule has 0 heterocycles. The standard InChI is InChI=1S/C12H16BrNO2/c1-8-3-4-11(13)10(7-8)12(16)14-6-5-9(2)15/h3-4,7,9,15H,5-6H2,1-2H3,(H,14,16). The molecule has 0 aromatic heterocycles. The first kappa shape index (κ1) is 13.2. The Balaban J connectivity index is 2.62. The van der Waals surface area contributed by atoms with Crippen molar-refractivity contribution in [2.75, 3.05) is 6.54 Å². The number of carbonyl (C=O) groups is 1. The van der Waals surface area contributed by atoms with Crippen LogP contribution in [-0.2, 0) is 0 Å².